The van der Waals surface area contributed by atoms with Gasteiger partial charge in [0.1, 0.15) is 0 Å². The number of sulfonamides is 1. The minimum absolute atomic E-state index is 0.111. The van der Waals surface area contributed by atoms with Gasteiger partial charge in [-0.15, -0.1) is 0 Å². The molecule has 0 atom stereocenters. The summed E-state index contributed by atoms with van der Waals surface area (Å²) in [5.41, 5.74) is 2.47. The molecule has 1 aliphatic heterocycles. The summed E-state index contributed by atoms with van der Waals surface area (Å²) in [5, 5.41) is 3.13. The second kappa shape index (κ2) is 8.13. The van der Waals surface area contributed by atoms with Gasteiger partial charge in [-0.1, -0.05) is 11.8 Å². The van der Waals surface area contributed by atoms with Crippen molar-refractivity contribution in [2.75, 3.05) is 24.2 Å². The molecule has 1 aromatic carbocycles. The van der Waals surface area contributed by atoms with Gasteiger partial charge in [0.05, 0.1) is 10.6 Å². The maximum absolute atomic E-state index is 12.5. The third-order valence-electron chi connectivity index (χ3n) is 4.54. The van der Waals surface area contributed by atoms with Gasteiger partial charge in [-0.25, -0.2) is 13.4 Å². The Labute approximate surface area is 172 Å². The zero-order chi connectivity index (χ0) is 20.4. The number of hydrogen-bond acceptors (Lipinski definition) is 7. The Balaban J connectivity index is 1.35. The molecule has 0 spiro atoms. The normalized spacial score (nSPS) is 15.1. The van der Waals surface area contributed by atoms with Crippen LogP contribution >= 0.6 is 11.8 Å². The number of carbonyl (C=O) groups excluding carboxylic acids is 1. The lowest BCUT2D eigenvalue weighted by Crippen LogP contribution is -2.27. The zero-order valence-corrected chi connectivity index (χ0v) is 17.4. The van der Waals surface area contributed by atoms with E-state index in [4.69, 9.17) is 4.42 Å². The summed E-state index contributed by atoms with van der Waals surface area (Å²) < 4.78 is 32.1. The van der Waals surface area contributed by atoms with Gasteiger partial charge >= 0.3 is 0 Å². The molecule has 1 amide bonds. The van der Waals surface area contributed by atoms with E-state index in [-0.39, 0.29) is 16.6 Å². The highest BCUT2D eigenvalue weighted by Gasteiger charge is 2.26. The third-order valence-corrected chi connectivity index (χ3v) is 7.28. The first-order chi connectivity index (χ1) is 13.9. The smallest absolute Gasteiger partial charge is 0.258 e. The number of aromatic nitrogens is 2. The number of hydrogen-bond donors (Lipinski definition) is 1. The van der Waals surface area contributed by atoms with Gasteiger partial charge in [-0.05, 0) is 56.2 Å². The van der Waals surface area contributed by atoms with E-state index >= 15 is 0 Å². The fourth-order valence-electron chi connectivity index (χ4n) is 3.07. The Kier molecular flexibility index (Phi) is 5.57. The fraction of sp³-hybridized carbons (Fsp3) is 0.316. The van der Waals surface area contributed by atoms with Crippen molar-refractivity contribution in [1.29, 1.82) is 0 Å². The monoisotopic (exact) mass is 432 g/mol. The maximum Gasteiger partial charge on any atom is 0.258 e. The molecule has 3 aromatic rings. The van der Waals surface area contributed by atoms with Crippen molar-refractivity contribution in [1.82, 2.24) is 14.3 Å². The number of thioether (sulfide) groups is 1. The molecule has 152 valence electrons. The lowest BCUT2D eigenvalue weighted by molar-refractivity contribution is -0.113. The van der Waals surface area contributed by atoms with Gasteiger partial charge in [0.2, 0.25) is 15.9 Å². The van der Waals surface area contributed by atoms with E-state index in [9.17, 15) is 13.2 Å². The Hall–Kier alpha value is -2.43. The zero-order valence-electron chi connectivity index (χ0n) is 15.8. The number of amides is 1. The first-order valence-corrected chi connectivity index (χ1v) is 11.6. The first kappa shape index (κ1) is 19.9. The number of pyridine rings is 1. The van der Waals surface area contributed by atoms with Crippen molar-refractivity contribution in [3.8, 4) is 0 Å². The van der Waals surface area contributed by atoms with Crippen LogP contribution in [0.2, 0.25) is 0 Å². The Bertz CT molecular complexity index is 1140. The first-order valence-electron chi connectivity index (χ1n) is 9.19. The molecule has 0 radical (unpaired) electrons. The van der Waals surface area contributed by atoms with Crippen LogP contribution in [0, 0.1) is 6.92 Å². The van der Waals surface area contributed by atoms with Crippen molar-refractivity contribution < 1.29 is 17.6 Å². The van der Waals surface area contributed by atoms with E-state index in [1.54, 1.807) is 18.2 Å². The molecule has 1 aliphatic rings. The molecular weight excluding hydrogens is 412 g/mol. The molecule has 2 aromatic heterocycles. The highest BCUT2D eigenvalue weighted by atomic mass is 32.2. The van der Waals surface area contributed by atoms with E-state index in [2.05, 4.69) is 15.3 Å². The van der Waals surface area contributed by atoms with E-state index in [0.717, 1.165) is 18.5 Å². The number of carbonyl (C=O) groups is 1. The van der Waals surface area contributed by atoms with Crippen molar-refractivity contribution in [2.45, 2.75) is 29.9 Å². The van der Waals surface area contributed by atoms with Gasteiger partial charge < -0.3 is 9.73 Å². The average Bonchev–Trinajstić information content (AvgIpc) is 3.36. The highest BCUT2D eigenvalue weighted by Crippen LogP contribution is 2.24. The molecule has 0 bridgehead atoms. The van der Waals surface area contributed by atoms with Crippen molar-refractivity contribution in [2.24, 2.45) is 0 Å². The number of benzene rings is 1. The molecule has 1 fully saturated rings. The summed E-state index contributed by atoms with van der Waals surface area (Å²) in [5.74, 6) is -0.129. The second-order valence-electron chi connectivity index (χ2n) is 6.73. The van der Waals surface area contributed by atoms with E-state index in [1.165, 1.54) is 28.2 Å². The molecule has 1 N–H and O–H groups in total. The molecule has 8 nitrogen and oxygen atoms in total. The summed E-state index contributed by atoms with van der Waals surface area (Å²) >= 11 is 1.17. The number of nitrogens with zero attached hydrogens (tertiary/aromatic N) is 3. The van der Waals surface area contributed by atoms with Gasteiger partial charge in [0.15, 0.2) is 11.2 Å². The molecule has 10 heteroatoms. The number of fused-ring (bicyclic) bond motifs is 1. The van der Waals surface area contributed by atoms with Gasteiger partial charge in [0.25, 0.3) is 5.22 Å². The molecule has 0 unspecified atom stereocenters. The standard InChI is InChI=1S/C19H20N4O4S2/c1-13-4-9-16-18(20-13)22-19(27-16)28-12-17(24)21-14-5-7-15(8-6-14)29(25,26)23-10-2-3-11-23/h4-9H,2-3,10-12H2,1H3,(H,21,24). The van der Waals surface area contributed by atoms with Crippen LogP contribution in [0.4, 0.5) is 5.69 Å². The molecular formula is C19H20N4O4S2. The van der Waals surface area contributed by atoms with Crippen LogP contribution in [-0.4, -0.2) is 47.4 Å². The topological polar surface area (TPSA) is 105 Å². The predicted octanol–water partition coefficient (Wildman–Crippen LogP) is 3.05. The number of aryl methyl sites for hydroxylation is 1. The average molecular weight is 433 g/mol. The minimum Gasteiger partial charge on any atom is -0.430 e. The third kappa shape index (κ3) is 4.44. The summed E-state index contributed by atoms with van der Waals surface area (Å²) in [7, 11) is -3.46. The van der Waals surface area contributed by atoms with Gasteiger partial charge in [-0.3, -0.25) is 4.79 Å². The maximum atomic E-state index is 12.5. The molecule has 0 aliphatic carbocycles. The Morgan fingerprint density at radius 2 is 1.86 bits per heavy atom. The molecule has 1 saturated heterocycles. The van der Waals surface area contributed by atoms with Crippen molar-refractivity contribution >= 4 is 44.6 Å². The molecule has 29 heavy (non-hydrogen) atoms. The Morgan fingerprint density at radius 1 is 1.14 bits per heavy atom. The second-order valence-corrected chi connectivity index (χ2v) is 9.59. The summed E-state index contributed by atoms with van der Waals surface area (Å²) in [4.78, 5) is 21.0. The summed E-state index contributed by atoms with van der Waals surface area (Å²) in [6.45, 7) is 2.99. The molecule has 4 rings (SSSR count). The number of rotatable bonds is 6. The molecule has 3 heterocycles. The van der Waals surface area contributed by atoms with Gasteiger partial charge in [-0.2, -0.15) is 9.29 Å². The predicted molar refractivity (Wildman–Crippen MR) is 110 cm³/mol. The summed E-state index contributed by atoms with van der Waals surface area (Å²) in [6, 6.07) is 9.86. The number of oxazole rings is 1. The van der Waals surface area contributed by atoms with Crippen molar-refractivity contribution in [3.63, 3.8) is 0 Å². The largest absolute Gasteiger partial charge is 0.430 e. The number of nitrogens with one attached hydrogen (secondary N) is 1. The fourth-order valence-corrected chi connectivity index (χ4v) is 5.21. The van der Waals surface area contributed by atoms with Gasteiger partial charge in [0, 0.05) is 24.5 Å². The van der Waals surface area contributed by atoms with E-state index in [0.29, 0.717) is 35.2 Å². The van der Waals surface area contributed by atoms with Crippen LogP contribution in [0.25, 0.3) is 11.2 Å². The molecule has 0 saturated carbocycles. The lowest BCUT2D eigenvalue weighted by Gasteiger charge is -2.15. The minimum atomic E-state index is -3.46. The van der Waals surface area contributed by atoms with E-state index in [1.807, 2.05) is 13.0 Å². The van der Waals surface area contributed by atoms with Crippen LogP contribution in [0.3, 0.4) is 0 Å². The van der Waals surface area contributed by atoms with E-state index < -0.39 is 10.0 Å². The van der Waals surface area contributed by atoms with Crippen LogP contribution in [0.5, 0.6) is 0 Å². The Morgan fingerprint density at radius 3 is 2.59 bits per heavy atom. The van der Waals surface area contributed by atoms with Crippen LogP contribution in [-0.2, 0) is 14.8 Å². The van der Waals surface area contributed by atoms with Crippen LogP contribution in [0.1, 0.15) is 18.5 Å². The van der Waals surface area contributed by atoms with Crippen molar-refractivity contribution in [3.05, 3.63) is 42.1 Å². The van der Waals surface area contributed by atoms with Crippen LogP contribution in [0.15, 0.2) is 50.9 Å². The SMILES string of the molecule is Cc1ccc2oc(SCC(=O)Nc3ccc(S(=O)(=O)N4CCCC4)cc3)nc2n1. The lowest BCUT2D eigenvalue weighted by atomic mass is 10.3. The van der Waals surface area contributed by atoms with Crippen LogP contribution < -0.4 is 5.32 Å². The highest BCUT2D eigenvalue weighted by molar-refractivity contribution is 7.99. The number of anilines is 1. The summed E-state index contributed by atoms with van der Waals surface area (Å²) in [6.07, 6.45) is 1.78. The quantitative estimate of drug-likeness (QED) is 0.597.